The van der Waals surface area contributed by atoms with Crippen molar-refractivity contribution in [2.75, 3.05) is 19.7 Å². The minimum Gasteiger partial charge on any atom is -0.493 e. The Labute approximate surface area is 136 Å². The van der Waals surface area contributed by atoms with E-state index in [-0.39, 0.29) is 0 Å². The van der Waals surface area contributed by atoms with Crippen molar-refractivity contribution >= 4 is 15.9 Å². The number of hydrogen-bond acceptors (Lipinski definition) is 3. The van der Waals surface area contributed by atoms with Crippen molar-refractivity contribution in [3.63, 3.8) is 0 Å². The van der Waals surface area contributed by atoms with Gasteiger partial charge in [0.05, 0.1) is 6.61 Å². The van der Waals surface area contributed by atoms with Gasteiger partial charge in [-0.1, -0.05) is 35.2 Å². The maximum atomic E-state index is 5.87. The predicted molar refractivity (Wildman–Crippen MR) is 89.7 cm³/mol. The van der Waals surface area contributed by atoms with Crippen LogP contribution >= 0.6 is 15.9 Å². The first kappa shape index (κ1) is 15.3. The highest BCUT2D eigenvalue weighted by molar-refractivity contribution is 9.10. The van der Waals surface area contributed by atoms with Gasteiger partial charge in [0.15, 0.2) is 0 Å². The predicted octanol–water partition coefficient (Wildman–Crippen LogP) is 3.48. The van der Waals surface area contributed by atoms with Gasteiger partial charge in [-0.25, -0.2) is 0 Å². The summed E-state index contributed by atoms with van der Waals surface area (Å²) in [6.07, 6.45) is 7.77. The molecule has 2 N–H and O–H groups in total. The fourth-order valence-corrected chi connectivity index (χ4v) is 4.24. The maximum absolute atomic E-state index is 5.87. The number of hydrogen-bond donors (Lipinski definition) is 1. The normalized spacial score (nSPS) is 18.8. The van der Waals surface area contributed by atoms with Crippen molar-refractivity contribution in [1.29, 1.82) is 0 Å². The average molecular weight is 353 g/mol. The quantitative estimate of drug-likeness (QED) is 0.881. The van der Waals surface area contributed by atoms with E-state index in [1.165, 1.54) is 43.2 Å². The lowest BCUT2D eigenvalue weighted by Gasteiger charge is -2.34. The first-order chi connectivity index (χ1) is 10.3. The fourth-order valence-electron chi connectivity index (χ4n) is 3.69. The van der Waals surface area contributed by atoms with Gasteiger partial charge in [0, 0.05) is 42.1 Å². The molecule has 0 spiro atoms. The van der Waals surface area contributed by atoms with Crippen molar-refractivity contribution in [3.8, 4) is 5.75 Å². The number of halogens is 1. The molecule has 3 rings (SSSR count). The minimum absolute atomic E-state index is 0.693. The van der Waals surface area contributed by atoms with Gasteiger partial charge >= 0.3 is 0 Å². The molecule has 0 aromatic heterocycles. The van der Waals surface area contributed by atoms with Crippen molar-refractivity contribution in [3.05, 3.63) is 27.7 Å². The summed E-state index contributed by atoms with van der Waals surface area (Å²) in [4.78, 5) is 2.57. The van der Waals surface area contributed by atoms with Crippen molar-refractivity contribution in [2.45, 2.75) is 51.1 Å². The molecule has 116 valence electrons. The molecule has 0 amide bonds. The second-order valence-corrected chi connectivity index (χ2v) is 7.12. The molecule has 1 aromatic rings. The van der Waals surface area contributed by atoms with Crippen molar-refractivity contribution in [2.24, 2.45) is 5.73 Å². The van der Waals surface area contributed by atoms with E-state index in [0.717, 1.165) is 42.9 Å². The highest BCUT2D eigenvalue weighted by atomic mass is 79.9. The lowest BCUT2D eigenvalue weighted by atomic mass is 9.93. The molecule has 1 aliphatic heterocycles. The Balaban J connectivity index is 1.79. The van der Waals surface area contributed by atoms with Crippen LogP contribution in [0.15, 0.2) is 16.6 Å². The molecular formula is C17H25BrN2O. The standard InChI is InChI=1S/C17H25BrN2O/c18-15-10-13-6-9-21-17(13)14(11-15)12-20(8-7-19)16-4-2-1-3-5-16/h10-11,16H,1-9,12,19H2. The number of ether oxygens (including phenoxy) is 1. The topological polar surface area (TPSA) is 38.5 Å². The molecule has 3 nitrogen and oxygen atoms in total. The van der Waals surface area contributed by atoms with E-state index in [2.05, 4.69) is 33.0 Å². The summed E-state index contributed by atoms with van der Waals surface area (Å²) in [5.74, 6) is 1.12. The maximum Gasteiger partial charge on any atom is 0.127 e. The Morgan fingerprint density at radius 3 is 2.81 bits per heavy atom. The molecule has 4 heteroatoms. The van der Waals surface area contributed by atoms with Crippen LogP contribution in [0.5, 0.6) is 5.75 Å². The highest BCUT2D eigenvalue weighted by Crippen LogP contribution is 2.34. The van der Waals surface area contributed by atoms with Crippen molar-refractivity contribution < 1.29 is 4.74 Å². The van der Waals surface area contributed by atoms with Gasteiger partial charge in [-0.15, -0.1) is 0 Å². The lowest BCUT2D eigenvalue weighted by molar-refractivity contribution is 0.151. The summed E-state index contributed by atoms with van der Waals surface area (Å²) in [5.41, 5.74) is 8.51. The van der Waals surface area contributed by atoms with Crippen LogP contribution in [0.1, 0.15) is 43.2 Å². The van der Waals surface area contributed by atoms with E-state index in [9.17, 15) is 0 Å². The Kier molecular flexibility index (Phi) is 5.19. The van der Waals surface area contributed by atoms with E-state index in [4.69, 9.17) is 10.5 Å². The van der Waals surface area contributed by atoms with Crippen LogP contribution in [-0.2, 0) is 13.0 Å². The molecule has 2 aliphatic rings. The average Bonchev–Trinajstić information content (AvgIpc) is 2.96. The SMILES string of the molecule is NCCN(Cc1cc(Br)cc2c1OCC2)C1CCCCC1. The molecule has 1 aliphatic carbocycles. The Hall–Kier alpha value is -0.580. The van der Waals surface area contributed by atoms with Gasteiger partial charge in [0.2, 0.25) is 0 Å². The first-order valence-electron chi connectivity index (χ1n) is 8.16. The van der Waals surface area contributed by atoms with E-state index < -0.39 is 0 Å². The zero-order chi connectivity index (χ0) is 14.7. The summed E-state index contributed by atoms with van der Waals surface area (Å²) in [7, 11) is 0. The number of nitrogens with zero attached hydrogens (tertiary/aromatic N) is 1. The van der Waals surface area contributed by atoms with Crippen LogP contribution in [0.2, 0.25) is 0 Å². The molecule has 1 heterocycles. The monoisotopic (exact) mass is 352 g/mol. The third-order valence-electron chi connectivity index (χ3n) is 4.71. The van der Waals surface area contributed by atoms with E-state index in [1.54, 1.807) is 0 Å². The highest BCUT2D eigenvalue weighted by Gasteiger charge is 2.24. The number of nitrogens with two attached hydrogens (primary N) is 1. The second-order valence-electron chi connectivity index (χ2n) is 6.20. The van der Waals surface area contributed by atoms with Gasteiger partial charge in [-0.2, -0.15) is 0 Å². The Morgan fingerprint density at radius 2 is 2.05 bits per heavy atom. The zero-order valence-electron chi connectivity index (χ0n) is 12.6. The molecule has 0 saturated heterocycles. The summed E-state index contributed by atoms with van der Waals surface area (Å²) in [6.45, 7) is 3.49. The minimum atomic E-state index is 0.693. The van der Waals surface area contributed by atoms with Crippen LogP contribution in [0.25, 0.3) is 0 Å². The van der Waals surface area contributed by atoms with Crippen LogP contribution in [0.4, 0.5) is 0 Å². The fraction of sp³-hybridized carbons (Fsp3) is 0.647. The summed E-state index contributed by atoms with van der Waals surface area (Å²) < 4.78 is 7.04. The smallest absolute Gasteiger partial charge is 0.127 e. The first-order valence-corrected chi connectivity index (χ1v) is 8.95. The molecule has 0 atom stereocenters. The van der Waals surface area contributed by atoms with Crippen molar-refractivity contribution in [1.82, 2.24) is 4.90 Å². The van der Waals surface area contributed by atoms with Crippen LogP contribution in [-0.4, -0.2) is 30.6 Å². The molecular weight excluding hydrogens is 328 g/mol. The van der Waals surface area contributed by atoms with E-state index in [0.29, 0.717) is 6.04 Å². The van der Waals surface area contributed by atoms with E-state index in [1.807, 2.05) is 0 Å². The molecule has 0 bridgehead atoms. The number of benzene rings is 1. The zero-order valence-corrected chi connectivity index (χ0v) is 14.2. The molecule has 0 unspecified atom stereocenters. The van der Waals surface area contributed by atoms with Gasteiger partial charge in [0.25, 0.3) is 0 Å². The van der Waals surface area contributed by atoms with Gasteiger partial charge in [-0.3, -0.25) is 4.90 Å². The molecule has 1 fully saturated rings. The summed E-state index contributed by atoms with van der Waals surface area (Å²) >= 11 is 3.64. The lowest BCUT2D eigenvalue weighted by Crippen LogP contribution is -2.39. The molecule has 21 heavy (non-hydrogen) atoms. The second kappa shape index (κ2) is 7.12. The van der Waals surface area contributed by atoms with Gasteiger partial charge in [0.1, 0.15) is 5.75 Å². The van der Waals surface area contributed by atoms with Gasteiger partial charge in [-0.05, 0) is 30.5 Å². The molecule has 1 saturated carbocycles. The third-order valence-corrected chi connectivity index (χ3v) is 5.16. The Morgan fingerprint density at radius 1 is 1.24 bits per heavy atom. The summed E-state index contributed by atoms with van der Waals surface area (Å²) in [6, 6.07) is 5.11. The van der Waals surface area contributed by atoms with Crippen LogP contribution in [0, 0.1) is 0 Å². The summed E-state index contributed by atoms with van der Waals surface area (Å²) in [5, 5.41) is 0. The Bertz CT molecular complexity index is 486. The number of fused-ring (bicyclic) bond motifs is 1. The molecule has 1 aromatic carbocycles. The largest absolute Gasteiger partial charge is 0.493 e. The third kappa shape index (κ3) is 3.61. The van der Waals surface area contributed by atoms with Crippen LogP contribution < -0.4 is 10.5 Å². The number of rotatable bonds is 5. The van der Waals surface area contributed by atoms with Crippen LogP contribution in [0.3, 0.4) is 0 Å². The van der Waals surface area contributed by atoms with Gasteiger partial charge < -0.3 is 10.5 Å². The van der Waals surface area contributed by atoms with E-state index >= 15 is 0 Å². The molecule has 0 radical (unpaired) electrons.